The van der Waals surface area contributed by atoms with Crippen LogP contribution in [0, 0.1) is 12.8 Å². The van der Waals surface area contributed by atoms with Gasteiger partial charge in [-0.05, 0) is 50.9 Å². The Morgan fingerprint density at radius 3 is 2.59 bits per heavy atom. The first-order chi connectivity index (χ1) is 10.8. The zero-order chi connectivity index (χ0) is 14.9. The number of hydrogen-bond acceptors (Lipinski definition) is 5. The molecule has 0 spiro atoms. The Morgan fingerprint density at radius 1 is 1.14 bits per heavy atom. The Labute approximate surface area is 130 Å². The van der Waals surface area contributed by atoms with Crippen LogP contribution in [-0.4, -0.2) is 45.5 Å². The minimum absolute atomic E-state index is 0.516. The minimum Gasteiger partial charge on any atom is -0.366 e. The van der Waals surface area contributed by atoms with Crippen LogP contribution in [0.5, 0.6) is 0 Å². The van der Waals surface area contributed by atoms with Crippen LogP contribution in [0.3, 0.4) is 0 Å². The number of nitrogens with zero attached hydrogens (tertiary/aromatic N) is 4. The third-order valence-corrected chi connectivity index (χ3v) is 4.78. The lowest BCUT2D eigenvalue weighted by molar-refractivity contribution is 0.0974. The number of aromatic nitrogens is 3. The Bertz CT molecular complexity index is 649. The first-order valence-corrected chi connectivity index (χ1v) is 8.03. The summed E-state index contributed by atoms with van der Waals surface area (Å²) in [4.78, 5) is 15.9. The van der Waals surface area contributed by atoms with Crippen molar-refractivity contribution in [1.29, 1.82) is 0 Å². The van der Waals surface area contributed by atoms with E-state index in [1.807, 2.05) is 25.1 Å². The molecule has 1 N–H and O–H groups in total. The lowest BCUT2D eigenvalue weighted by Crippen LogP contribution is -2.53. The lowest BCUT2D eigenvalue weighted by Gasteiger charge is -2.45. The number of anilines is 1. The molecule has 3 aliphatic heterocycles. The SMILES string of the molecule is Cc1cc(NC2CN3CCC2CC3)nc(-c2ccncc2)n1. The van der Waals surface area contributed by atoms with Gasteiger partial charge in [-0.2, -0.15) is 0 Å². The van der Waals surface area contributed by atoms with Crippen molar-refractivity contribution in [3.63, 3.8) is 0 Å². The van der Waals surface area contributed by atoms with Crippen molar-refractivity contribution in [2.45, 2.75) is 25.8 Å². The summed E-state index contributed by atoms with van der Waals surface area (Å²) in [7, 11) is 0. The number of rotatable bonds is 3. The van der Waals surface area contributed by atoms with Gasteiger partial charge < -0.3 is 10.2 Å². The zero-order valence-electron chi connectivity index (χ0n) is 12.9. The molecular formula is C17H21N5. The maximum Gasteiger partial charge on any atom is 0.161 e. The Hall–Kier alpha value is -2.01. The molecule has 5 heteroatoms. The third kappa shape index (κ3) is 2.68. The molecule has 5 rings (SSSR count). The van der Waals surface area contributed by atoms with E-state index in [4.69, 9.17) is 4.98 Å². The van der Waals surface area contributed by atoms with Crippen LogP contribution in [0.1, 0.15) is 18.5 Å². The molecule has 0 amide bonds. The highest BCUT2D eigenvalue weighted by molar-refractivity contribution is 5.56. The highest BCUT2D eigenvalue weighted by atomic mass is 15.2. The predicted molar refractivity (Wildman–Crippen MR) is 86.6 cm³/mol. The summed E-state index contributed by atoms with van der Waals surface area (Å²) >= 11 is 0. The minimum atomic E-state index is 0.516. The normalized spacial score (nSPS) is 26.9. The van der Waals surface area contributed by atoms with Gasteiger partial charge in [-0.25, -0.2) is 9.97 Å². The summed E-state index contributed by atoms with van der Waals surface area (Å²) in [6, 6.07) is 6.46. The van der Waals surface area contributed by atoms with E-state index in [2.05, 4.69) is 20.2 Å². The van der Waals surface area contributed by atoms with Gasteiger partial charge in [0, 0.05) is 42.3 Å². The molecule has 3 aliphatic rings. The molecule has 2 bridgehead atoms. The van der Waals surface area contributed by atoms with Crippen molar-refractivity contribution in [1.82, 2.24) is 19.9 Å². The van der Waals surface area contributed by atoms with Crippen molar-refractivity contribution in [3.05, 3.63) is 36.3 Å². The number of piperidine rings is 3. The van der Waals surface area contributed by atoms with Crippen LogP contribution < -0.4 is 5.32 Å². The van der Waals surface area contributed by atoms with Gasteiger partial charge in [-0.15, -0.1) is 0 Å². The average molecular weight is 295 g/mol. The fourth-order valence-electron chi connectivity index (χ4n) is 3.59. The van der Waals surface area contributed by atoms with Gasteiger partial charge in [0.15, 0.2) is 5.82 Å². The quantitative estimate of drug-likeness (QED) is 0.942. The molecule has 22 heavy (non-hydrogen) atoms. The van der Waals surface area contributed by atoms with Crippen molar-refractivity contribution < 1.29 is 0 Å². The zero-order valence-corrected chi connectivity index (χ0v) is 12.9. The van der Waals surface area contributed by atoms with E-state index in [9.17, 15) is 0 Å². The monoisotopic (exact) mass is 295 g/mol. The van der Waals surface area contributed by atoms with Gasteiger partial charge >= 0.3 is 0 Å². The fraction of sp³-hybridized carbons (Fsp3) is 0.471. The highest BCUT2D eigenvalue weighted by Gasteiger charge is 2.34. The molecule has 5 heterocycles. The van der Waals surface area contributed by atoms with Crippen LogP contribution >= 0.6 is 0 Å². The summed E-state index contributed by atoms with van der Waals surface area (Å²) in [6.07, 6.45) is 6.17. The Kier molecular flexibility index (Phi) is 3.50. The second-order valence-corrected chi connectivity index (χ2v) is 6.34. The highest BCUT2D eigenvalue weighted by Crippen LogP contribution is 2.29. The molecule has 3 fully saturated rings. The van der Waals surface area contributed by atoms with Gasteiger partial charge in [0.1, 0.15) is 5.82 Å². The van der Waals surface area contributed by atoms with Gasteiger partial charge in [0.05, 0.1) is 0 Å². The molecule has 0 radical (unpaired) electrons. The van der Waals surface area contributed by atoms with Crippen LogP contribution in [0.4, 0.5) is 5.82 Å². The van der Waals surface area contributed by atoms with Crippen LogP contribution in [0.25, 0.3) is 11.4 Å². The number of pyridine rings is 1. The van der Waals surface area contributed by atoms with E-state index < -0.39 is 0 Å². The molecule has 114 valence electrons. The fourth-order valence-corrected chi connectivity index (χ4v) is 3.59. The van der Waals surface area contributed by atoms with E-state index in [0.717, 1.165) is 35.4 Å². The molecular weight excluding hydrogens is 274 g/mol. The summed E-state index contributed by atoms with van der Waals surface area (Å²) < 4.78 is 0. The van der Waals surface area contributed by atoms with E-state index in [-0.39, 0.29) is 0 Å². The Morgan fingerprint density at radius 2 is 1.91 bits per heavy atom. The number of hydrogen-bond donors (Lipinski definition) is 1. The first kappa shape index (κ1) is 13.6. The summed E-state index contributed by atoms with van der Waals surface area (Å²) in [6.45, 7) is 5.67. The molecule has 1 unspecified atom stereocenters. The molecule has 0 aromatic carbocycles. The van der Waals surface area contributed by atoms with Crippen molar-refractivity contribution >= 4 is 5.82 Å². The smallest absolute Gasteiger partial charge is 0.161 e. The average Bonchev–Trinajstić information content (AvgIpc) is 2.56. The van der Waals surface area contributed by atoms with Gasteiger partial charge in [0.2, 0.25) is 0 Å². The van der Waals surface area contributed by atoms with Crippen molar-refractivity contribution in [3.8, 4) is 11.4 Å². The Balaban J connectivity index is 1.58. The van der Waals surface area contributed by atoms with E-state index in [1.165, 1.54) is 25.9 Å². The van der Waals surface area contributed by atoms with Gasteiger partial charge in [-0.1, -0.05) is 0 Å². The van der Waals surface area contributed by atoms with Crippen molar-refractivity contribution in [2.24, 2.45) is 5.92 Å². The van der Waals surface area contributed by atoms with Gasteiger partial charge in [-0.3, -0.25) is 4.98 Å². The van der Waals surface area contributed by atoms with Crippen LogP contribution in [0.15, 0.2) is 30.6 Å². The maximum absolute atomic E-state index is 4.71. The second kappa shape index (κ2) is 5.65. The maximum atomic E-state index is 4.71. The summed E-state index contributed by atoms with van der Waals surface area (Å²) in [5.41, 5.74) is 2.00. The molecule has 1 atom stereocenters. The van der Waals surface area contributed by atoms with E-state index in [1.54, 1.807) is 12.4 Å². The molecule has 0 aliphatic carbocycles. The standard InChI is InChI=1S/C17H21N5/c1-12-10-16(20-15-11-22-8-4-13(15)5-9-22)21-17(19-12)14-2-6-18-7-3-14/h2-3,6-7,10,13,15H,4-5,8-9,11H2,1H3,(H,19,20,21). The first-order valence-electron chi connectivity index (χ1n) is 8.03. The predicted octanol–water partition coefficient (Wildman–Crippen LogP) is 2.35. The second-order valence-electron chi connectivity index (χ2n) is 6.34. The topological polar surface area (TPSA) is 53.9 Å². The van der Waals surface area contributed by atoms with Gasteiger partial charge in [0.25, 0.3) is 0 Å². The number of aryl methyl sites for hydroxylation is 1. The summed E-state index contributed by atoms with van der Waals surface area (Å²) in [5, 5.41) is 3.65. The largest absolute Gasteiger partial charge is 0.366 e. The third-order valence-electron chi connectivity index (χ3n) is 4.78. The lowest BCUT2D eigenvalue weighted by atomic mass is 9.84. The molecule has 5 nitrogen and oxygen atoms in total. The van der Waals surface area contributed by atoms with Crippen LogP contribution in [0.2, 0.25) is 0 Å². The molecule has 2 aromatic heterocycles. The number of fused-ring (bicyclic) bond motifs is 3. The van der Waals surface area contributed by atoms with E-state index in [0.29, 0.717) is 6.04 Å². The van der Waals surface area contributed by atoms with E-state index >= 15 is 0 Å². The van der Waals surface area contributed by atoms with Crippen molar-refractivity contribution in [2.75, 3.05) is 25.0 Å². The molecule has 2 aromatic rings. The molecule has 0 saturated carbocycles. The molecule has 3 saturated heterocycles. The number of nitrogens with one attached hydrogen (secondary N) is 1. The van der Waals surface area contributed by atoms with Crippen LogP contribution in [-0.2, 0) is 0 Å². The summed E-state index contributed by atoms with van der Waals surface area (Å²) in [5.74, 6) is 2.49.